The molecule has 2 nitrogen and oxygen atoms in total. The Balaban J connectivity index is 2.29. The standard InChI is InChI=1S/C13H13F3O2/c14-9-3-1-2-8(6-9)10-4-5-13(15,16)7-11(10)12(17)18/h1-3,6,10-11H,4-5,7H2,(H,17,18). The number of hydrogen-bond acceptors (Lipinski definition) is 1. The molecule has 0 radical (unpaired) electrons. The second kappa shape index (κ2) is 4.63. The molecule has 5 heteroatoms. The van der Waals surface area contributed by atoms with Crippen molar-refractivity contribution < 1.29 is 23.1 Å². The van der Waals surface area contributed by atoms with Crippen LogP contribution in [0, 0.1) is 11.7 Å². The van der Waals surface area contributed by atoms with Gasteiger partial charge in [0.25, 0.3) is 0 Å². The van der Waals surface area contributed by atoms with Crippen molar-refractivity contribution in [2.75, 3.05) is 0 Å². The molecule has 0 spiro atoms. The molecule has 0 aromatic heterocycles. The number of alkyl halides is 2. The number of hydrogen-bond donors (Lipinski definition) is 1. The van der Waals surface area contributed by atoms with E-state index in [1.54, 1.807) is 6.07 Å². The van der Waals surface area contributed by atoms with Crippen molar-refractivity contribution in [1.29, 1.82) is 0 Å². The molecule has 0 amide bonds. The molecule has 0 bridgehead atoms. The van der Waals surface area contributed by atoms with E-state index in [-0.39, 0.29) is 12.8 Å². The van der Waals surface area contributed by atoms with Gasteiger partial charge >= 0.3 is 5.97 Å². The Bertz CT molecular complexity index is 459. The summed E-state index contributed by atoms with van der Waals surface area (Å²) in [4.78, 5) is 11.1. The Morgan fingerprint density at radius 3 is 2.72 bits per heavy atom. The molecule has 1 N–H and O–H groups in total. The van der Waals surface area contributed by atoms with Gasteiger partial charge in [0.2, 0.25) is 5.92 Å². The van der Waals surface area contributed by atoms with Crippen molar-refractivity contribution in [3.05, 3.63) is 35.6 Å². The third-order valence-corrected chi connectivity index (χ3v) is 3.42. The number of aliphatic carboxylic acids is 1. The summed E-state index contributed by atoms with van der Waals surface area (Å²) in [5.74, 6) is -6.36. The van der Waals surface area contributed by atoms with Crippen LogP contribution in [0.1, 0.15) is 30.7 Å². The van der Waals surface area contributed by atoms with E-state index in [1.807, 2.05) is 0 Å². The molecule has 0 saturated heterocycles. The zero-order chi connectivity index (χ0) is 13.3. The summed E-state index contributed by atoms with van der Waals surface area (Å²) in [6.45, 7) is 0. The van der Waals surface area contributed by atoms with E-state index in [0.717, 1.165) is 0 Å². The van der Waals surface area contributed by atoms with Crippen LogP contribution in [0.15, 0.2) is 24.3 Å². The van der Waals surface area contributed by atoms with Gasteiger partial charge in [0.15, 0.2) is 0 Å². The molecule has 1 aliphatic rings. The van der Waals surface area contributed by atoms with Gasteiger partial charge < -0.3 is 5.11 Å². The molecule has 1 fully saturated rings. The highest BCUT2D eigenvalue weighted by molar-refractivity contribution is 5.71. The monoisotopic (exact) mass is 258 g/mol. The third kappa shape index (κ3) is 2.66. The molecule has 1 aromatic carbocycles. The smallest absolute Gasteiger partial charge is 0.307 e. The molecule has 1 aromatic rings. The molecule has 2 atom stereocenters. The predicted octanol–water partition coefficient (Wildman–Crippen LogP) is 3.43. The minimum absolute atomic E-state index is 0.0629. The molecule has 18 heavy (non-hydrogen) atoms. The van der Waals surface area contributed by atoms with E-state index < -0.39 is 36.0 Å². The summed E-state index contributed by atoms with van der Waals surface area (Å²) < 4.78 is 39.6. The fourth-order valence-electron chi connectivity index (χ4n) is 2.53. The molecule has 98 valence electrons. The lowest BCUT2D eigenvalue weighted by Crippen LogP contribution is -2.35. The molecular formula is C13H13F3O2. The van der Waals surface area contributed by atoms with Crippen LogP contribution < -0.4 is 0 Å². The Morgan fingerprint density at radius 1 is 1.39 bits per heavy atom. The van der Waals surface area contributed by atoms with Crippen LogP contribution >= 0.6 is 0 Å². The first-order valence-corrected chi connectivity index (χ1v) is 5.75. The van der Waals surface area contributed by atoms with Gasteiger partial charge in [-0.2, -0.15) is 0 Å². The fraction of sp³-hybridized carbons (Fsp3) is 0.462. The van der Waals surface area contributed by atoms with Gasteiger partial charge in [-0.25, -0.2) is 13.2 Å². The molecule has 2 unspecified atom stereocenters. The molecule has 0 heterocycles. The normalized spacial score (nSPS) is 26.8. The number of carboxylic acid groups (broad SMARTS) is 1. The molecule has 2 rings (SSSR count). The minimum atomic E-state index is -2.94. The first-order chi connectivity index (χ1) is 8.39. The zero-order valence-electron chi connectivity index (χ0n) is 9.57. The summed E-state index contributed by atoms with van der Waals surface area (Å²) in [6.07, 6.45) is -0.963. The number of rotatable bonds is 2. The number of carboxylic acids is 1. The molecular weight excluding hydrogens is 245 g/mol. The van der Waals surface area contributed by atoms with Crippen molar-refractivity contribution in [2.45, 2.75) is 31.1 Å². The van der Waals surface area contributed by atoms with Crippen LogP contribution in [0.4, 0.5) is 13.2 Å². The van der Waals surface area contributed by atoms with Gasteiger partial charge in [-0.05, 0) is 30.0 Å². The van der Waals surface area contributed by atoms with Gasteiger partial charge in [0, 0.05) is 12.8 Å². The highest BCUT2D eigenvalue weighted by Crippen LogP contribution is 2.45. The molecule has 0 aliphatic heterocycles. The Kier molecular flexibility index (Phi) is 3.32. The van der Waals surface area contributed by atoms with Crippen LogP contribution in [0.25, 0.3) is 0 Å². The van der Waals surface area contributed by atoms with Crippen molar-refractivity contribution >= 4 is 5.97 Å². The summed E-state index contributed by atoms with van der Waals surface area (Å²) in [6, 6.07) is 5.53. The fourth-order valence-corrected chi connectivity index (χ4v) is 2.53. The Labute approximate surface area is 102 Å². The quantitative estimate of drug-likeness (QED) is 0.882. The van der Waals surface area contributed by atoms with Gasteiger partial charge in [-0.15, -0.1) is 0 Å². The van der Waals surface area contributed by atoms with Crippen LogP contribution in [-0.4, -0.2) is 17.0 Å². The maximum atomic E-state index is 13.2. The summed E-state index contributed by atoms with van der Waals surface area (Å²) >= 11 is 0. The van der Waals surface area contributed by atoms with Gasteiger partial charge in [0.05, 0.1) is 5.92 Å². The maximum Gasteiger partial charge on any atom is 0.307 e. The minimum Gasteiger partial charge on any atom is -0.481 e. The second-order valence-electron chi connectivity index (χ2n) is 4.70. The lowest BCUT2D eigenvalue weighted by Gasteiger charge is -2.33. The predicted molar refractivity (Wildman–Crippen MR) is 59.1 cm³/mol. The number of carbonyl (C=O) groups is 1. The van der Waals surface area contributed by atoms with Crippen LogP contribution in [0.3, 0.4) is 0 Å². The van der Waals surface area contributed by atoms with Crippen molar-refractivity contribution in [3.63, 3.8) is 0 Å². The van der Waals surface area contributed by atoms with Gasteiger partial charge in [-0.3, -0.25) is 4.79 Å². The Hall–Kier alpha value is -1.52. The van der Waals surface area contributed by atoms with Crippen LogP contribution in [0.2, 0.25) is 0 Å². The zero-order valence-corrected chi connectivity index (χ0v) is 9.57. The first-order valence-electron chi connectivity index (χ1n) is 5.75. The number of halogens is 3. The highest BCUT2D eigenvalue weighted by Gasteiger charge is 2.45. The summed E-state index contributed by atoms with van der Waals surface area (Å²) in [5.41, 5.74) is 0.484. The van der Waals surface area contributed by atoms with Crippen LogP contribution in [0.5, 0.6) is 0 Å². The van der Waals surface area contributed by atoms with Crippen molar-refractivity contribution in [1.82, 2.24) is 0 Å². The maximum absolute atomic E-state index is 13.2. The SMILES string of the molecule is O=C(O)C1CC(F)(F)CCC1c1cccc(F)c1. The summed E-state index contributed by atoms with van der Waals surface area (Å²) in [5, 5.41) is 9.04. The van der Waals surface area contributed by atoms with Crippen molar-refractivity contribution in [3.8, 4) is 0 Å². The largest absolute Gasteiger partial charge is 0.481 e. The van der Waals surface area contributed by atoms with Gasteiger partial charge in [0.1, 0.15) is 5.82 Å². The van der Waals surface area contributed by atoms with E-state index in [1.165, 1.54) is 18.2 Å². The van der Waals surface area contributed by atoms with Crippen LogP contribution in [-0.2, 0) is 4.79 Å². The second-order valence-corrected chi connectivity index (χ2v) is 4.70. The van der Waals surface area contributed by atoms with Crippen molar-refractivity contribution in [2.24, 2.45) is 5.92 Å². The van der Waals surface area contributed by atoms with E-state index in [9.17, 15) is 18.0 Å². The van der Waals surface area contributed by atoms with E-state index in [4.69, 9.17) is 5.11 Å². The molecule has 1 saturated carbocycles. The lowest BCUT2D eigenvalue weighted by atomic mass is 9.74. The highest BCUT2D eigenvalue weighted by atomic mass is 19.3. The first kappa shape index (κ1) is 12.9. The summed E-state index contributed by atoms with van der Waals surface area (Å²) in [7, 11) is 0. The average molecular weight is 258 g/mol. The van der Waals surface area contributed by atoms with E-state index >= 15 is 0 Å². The number of benzene rings is 1. The van der Waals surface area contributed by atoms with E-state index in [0.29, 0.717) is 5.56 Å². The topological polar surface area (TPSA) is 37.3 Å². The Morgan fingerprint density at radius 2 is 2.11 bits per heavy atom. The lowest BCUT2D eigenvalue weighted by molar-refractivity contribution is -0.150. The van der Waals surface area contributed by atoms with Gasteiger partial charge in [-0.1, -0.05) is 12.1 Å². The molecule has 1 aliphatic carbocycles. The van der Waals surface area contributed by atoms with E-state index in [2.05, 4.69) is 0 Å². The third-order valence-electron chi connectivity index (χ3n) is 3.42. The average Bonchev–Trinajstić information content (AvgIpc) is 2.27.